The average Bonchev–Trinajstić information content (AvgIpc) is 3.12. The van der Waals surface area contributed by atoms with Gasteiger partial charge in [0.1, 0.15) is 36.9 Å². The zero-order valence-corrected chi connectivity index (χ0v) is 32.4. The molecule has 7 nitrogen and oxygen atoms in total. The highest BCUT2D eigenvalue weighted by atomic mass is 16.5. The third-order valence-corrected chi connectivity index (χ3v) is 11.0. The van der Waals surface area contributed by atoms with Gasteiger partial charge in [-0.25, -0.2) is 0 Å². The fraction of sp³-hybridized carbons (Fsp3) is 0.467. The first-order valence-electron chi connectivity index (χ1n) is 18.6. The van der Waals surface area contributed by atoms with Crippen LogP contribution in [0.3, 0.4) is 0 Å². The Labute approximate surface area is 311 Å². The quantitative estimate of drug-likeness (QED) is 0.130. The van der Waals surface area contributed by atoms with Crippen molar-refractivity contribution < 1.29 is 24.9 Å². The van der Waals surface area contributed by atoms with E-state index in [1.807, 2.05) is 64.1 Å². The molecule has 1 aliphatic rings. The molecule has 0 aliphatic carbocycles. The van der Waals surface area contributed by atoms with Gasteiger partial charge in [-0.1, -0.05) is 113 Å². The number of ether oxygens (including phenoxy) is 2. The van der Waals surface area contributed by atoms with Gasteiger partial charge in [-0.05, 0) is 87.1 Å². The van der Waals surface area contributed by atoms with E-state index in [9.17, 15) is 15.4 Å². The minimum atomic E-state index is -0.814. The Morgan fingerprint density at radius 3 is 1.29 bits per heavy atom. The smallest absolute Gasteiger partial charge is 0.119 e. The summed E-state index contributed by atoms with van der Waals surface area (Å²) in [6, 6.07) is 37.0. The number of rotatable bonds is 15. The molecule has 1 fully saturated rings. The van der Waals surface area contributed by atoms with Crippen LogP contribution < -0.4 is 9.47 Å². The van der Waals surface area contributed by atoms with Gasteiger partial charge in [0.25, 0.3) is 0 Å². The minimum Gasteiger partial charge on any atom is -0.491 e. The maximum atomic E-state index is 13.2. The number of nitrogens with zero attached hydrogens (tertiary/aromatic N) is 2. The van der Waals surface area contributed by atoms with Crippen molar-refractivity contribution in [3.8, 4) is 11.5 Å². The van der Waals surface area contributed by atoms with Gasteiger partial charge in [0.15, 0.2) is 0 Å². The molecule has 1 radical (unpaired) electrons. The topological polar surface area (TPSA) is 85.3 Å². The number of piperidine rings is 1. The van der Waals surface area contributed by atoms with E-state index in [4.69, 9.17) is 9.47 Å². The number of hydroxylamine groups is 2. The molecule has 0 amide bonds. The van der Waals surface area contributed by atoms with Gasteiger partial charge in [-0.15, -0.1) is 10.3 Å². The highest BCUT2D eigenvalue weighted by molar-refractivity contribution is 5.41. The van der Waals surface area contributed by atoms with Crippen molar-refractivity contribution in [3.05, 3.63) is 131 Å². The summed E-state index contributed by atoms with van der Waals surface area (Å²) in [6.07, 6.45) is -0.410. The second kappa shape index (κ2) is 16.1. The summed E-state index contributed by atoms with van der Waals surface area (Å²) < 4.78 is 12.2. The number of aliphatic hydroxyl groups excluding tert-OH is 2. The Bertz CT molecular complexity index is 1560. The Morgan fingerprint density at radius 2 is 0.942 bits per heavy atom. The molecule has 7 heteroatoms. The zero-order chi connectivity index (χ0) is 37.7. The van der Waals surface area contributed by atoms with Gasteiger partial charge < -0.3 is 19.7 Å². The number of benzene rings is 4. The Kier molecular flexibility index (Phi) is 12.2. The fourth-order valence-electron chi connectivity index (χ4n) is 7.85. The molecule has 4 aromatic rings. The van der Waals surface area contributed by atoms with Crippen LogP contribution in [0.1, 0.15) is 90.5 Å². The molecule has 0 spiro atoms. The van der Waals surface area contributed by atoms with Crippen molar-refractivity contribution in [2.24, 2.45) is 0 Å². The molecule has 2 unspecified atom stereocenters. The maximum Gasteiger partial charge on any atom is 0.119 e. The Hall–Kier alpha value is -3.72. The SMILES string of the molecule is CC(C)(c1ccccc1)c1ccc(OCC(O)CN(CC(O)COc2ccc(C(C)(C)c3ccccc3)cc2)C2CC(C)(C)N([O])C(C)(C)C2)cc1. The van der Waals surface area contributed by atoms with Crippen LogP contribution in [0, 0.1) is 0 Å². The Balaban J connectivity index is 1.22. The summed E-state index contributed by atoms with van der Waals surface area (Å²) >= 11 is 0. The molecule has 1 saturated heterocycles. The van der Waals surface area contributed by atoms with Gasteiger partial charge in [0.05, 0.1) is 0 Å². The van der Waals surface area contributed by atoms with Crippen LogP contribution >= 0.6 is 0 Å². The molecule has 4 aromatic carbocycles. The predicted octanol–water partition coefficient (Wildman–Crippen LogP) is 8.19. The van der Waals surface area contributed by atoms with Crippen molar-refractivity contribution in [1.82, 2.24) is 9.96 Å². The molecule has 1 heterocycles. The molecule has 52 heavy (non-hydrogen) atoms. The van der Waals surface area contributed by atoms with Crippen LogP contribution in [0.4, 0.5) is 0 Å². The first-order valence-corrected chi connectivity index (χ1v) is 18.6. The summed E-state index contributed by atoms with van der Waals surface area (Å²) in [5.74, 6) is 1.37. The van der Waals surface area contributed by atoms with Gasteiger partial charge in [0.2, 0.25) is 0 Å². The summed E-state index contributed by atoms with van der Waals surface area (Å²) in [5, 5.41) is 37.0. The minimum absolute atomic E-state index is 0.0292. The molecule has 0 saturated carbocycles. The van der Waals surface area contributed by atoms with Crippen molar-refractivity contribution in [1.29, 1.82) is 0 Å². The lowest BCUT2D eigenvalue weighted by atomic mass is 9.78. The van der Waals surface area contributed by atoms with Crippen molar-refractivity contribution >= 4 is 0 Å². The van der Waals surface area contributed by atoms with Crippen molar-refractivity contribution in [3.63, 3.8) is 0 Å². The third kappa shape index (κ3) is 9.44. The number of hydrogen-bond donors (Lipinski definition) is 2. The lowest BCUT2D eigenvalue weighted by Crippen LogP contribution is -2.63. The van der Waals surface area contributed by atoms with Gasteiger partial charge in [0, 0.05) is 41.0 Å². The molecule has 5 rings (SSSR count). The molecule has 279 valence electrons. The van der Waals surface area contributed by atoms with E-state index in [0.717, 1.165) is 0 Å². The highest BCUT2D eigenvalue weighted by Crippen LogP contribution is 2.39. The van der Waals surface area contributed by atoms with E-state index in [0.29, 0.717) is 24.3 Å². The van der Waals surface area contributed by atoms with E-state index >= 15 is 0 Å². The second-order valence-corrected chi connectivity index (χ2v) is 16.9. The van der Waals surface area contributed by atoms with E-state index in [-0.39, 0.29) is 43.2 Å². The zero-order valence-electron chi connectivity index (χ0n) is 32.4. The molecule has 2 atom stereocenters. The van der Waals surface area contributed by atoms with Gasteiger partial charge in [-0.2, -0.15) is 0 Å². The molecule has 0 bridgehead atoms. The predicted molar refractivity (Wildman–Crippen MR) is 208 cm³/mol. The largest absolute Gasteiger partial charge is 0.491 e. The fourth-order valence-corrected chi connectivity index (χ4v) is 7.85. The first-order chi connectivity index (χ1) is 24.5. The van der Waals surface area contributed by atoms with E-state index < -0.39 is 23.3 Å². The van der Waals surface area contributed by atoms with Crippen LogP contribution in [0.2, 0.25) is 0 Å². The summed E-state index contributed by atoms with van der Waals surface area (Å²) in [6.45, 7) is 17.5. The van der Waals surface area contributed by atoms with Crippen LogP contribution in [0.15, 0.2) is 109 Å². The van der Waals surface area contributed by atoms with E-state index in [1.54, 1.807) is 0 Å². The molecular formula is C45H59N2O5. The third-order valence-electron chi connectivity index (χ3n) is 11.0. The van der Waals surface area contributed by atoms with Crippen LogP contribution in [0.25, 0.3) is 0 Å². The average molecular weight is 708 g/mol. The lowest BCUT2D eigenvalue weighted by molar-refractivity contribution is -0.295. The maximum absolute atomic E-state index is 13.2. The summed E-state index contributed by atoms with van der Waals surface area (Å²) in [7, 11) is 0. The lowest BCUT2D eigenvalue weighted by Gasteiger charge is -2.52. The van der Waals surface area contributed by atoms with Gasteiger partial charge in [-0.3, -0.25) is 4.90 Å². The molecule has 2 N–H and O–H groups in total. The van der Waals surface area contributed by atoms with Crippen molar-refractivity contribution in [2.75, 3.05) is 26.3 Å². The van der Waals surface area contributed by atoms with Gasteiger partial charge >= 0.3 is 0 Å². The highest BCUT2D eigenvalue weighted by Gasteiger charge is 2.48. The molecule has 0 aromatic heterocycles. The number of hydrogen-bond acceptors (Lipinski definition) is 6. The molecular weight excluding hydrogens is 649 g/mol. The Morgan fingerprint density at radius 1 is 0.615 bits per heavy atom. The monoisotopic (exact) mass is 707 g/mol. The normalized spacial score (nSPS) is 17.8. The second-order valence-electron chi connectivity index (χ2n) is 16.9. The first kappa shape index (κ1) is 39.5. The summed E-state index contributed by atoms with van der Waals surface area (Å²) in [5.41, 5.74) is 3.31. The van der Waals surface area contributed by atoms with E-state index in [2.05, 4.69) is 105 Å². The van der Waals surface area contributed by atoms with Crippen molar-refractivity contribution in [2.45, 2.75) is 108 Å². The molecule has 1 aliphatic heterocycles. The van der Waals surface area contributed by atoms with E-state index in [1.165, 1.54) is 27.3 Å². The summed E-state index contributed by atoms with van der Waals surface area (Å²) in [4.78, 5) is 2.12. The van der Waals surface area contributed by atoms with Crippen LogP contribution in [-0.2, 0) is 16.0 Å². The van der Waals surface area contributed by atoms with Crippen LogP contribution in [-0.4, -0.2) is 75.8 Å². The standard InChI is InChI=1S/C45H59N2O5/c1-42(2)27-37(28-43(3,4)47(42)50)46(29-38(48)31-51-40-23-19-35(20-24-40)44(5,6)33-15-11-9-12-16-33)30-39(49)32-52-41-25-21-36(22-26-41)45(7,8)34-17-13-10-14-18-34/h9-26,37-39,48-49H,27-32H2,1-8H3. The van der Waals surface area contributed by atoms with Crippen LogP contribution in [0.5, 0.6) is 11.5 Å². The number of aliphatic hydroxyl groups is 2.